The number of hydrogen-bond acceptors (Lipinski definition) is 5. The third-order valence-electron chi connectivity index (χ3n) is 3.70. The van der Waals surface area contributed by atoms with E-state index in [2.05, 4.69) is 34.2 Å². The van der Waals surface area contributed by atoms with Crippen LogP contribution in [-0.4, -0.2) is 36.7 Å². The Morgan fingerprint density at radius 2 is 2.15 bits per heavy atom. The van der Waals surface area contributed by atoms with E-state index in [0.717, 1.165) is 36.5 Å². The van der Waals surface area contributed by atoms with Crippen LogP contribution in [0.1, 0.15) is 38.9 Å². The summed E-state index contributed by atoms with van der Waals surface area (Å²) >= 11 is 0. The minimum absolute atomic E-state index is 0.472. The Hall–Kier alpha value is -1.36. The van der Waals surface area contributed by atoms with Gasteiger partial charge in [0.15, 0.2) is 5.82 Å². The molecule has 0 unspecified atom stereocenters. The van der Waals surface area contributed by atoms with Crippen LogP contribution in [0.15, 0.2) is 6.07 Å². The molecule has 0 saturated heterocycles. The molecule has 1 aromatic rings. The van der Waals surface area contributed by atoms with Crippen LogP contribution < -0.4 is 10.2 Å². The monoisotopic (exact) mass is 278 g/mol. The maximum Gasteiger partial charge on any atom is 0.158 e. The van der Waals surface area contributed by atoms with E-state index in [0.29, 0.717) is 13.2 Å². The minimum Gasteiger partial charge on any atom is -0.374 e. The Balaban J connectivity index is 2.09. The van der Waals surface area contributed by atoms with Gasteiger partial charge in [-0.1, -0.05) is 6.42 Å². The van der Waals surface area contributed by atoms with Crippen molar-refractivity contribution in [3.8, 4) is 0 Å². The summed E-state index contributed by atoms with van der Waals surface area (Å²) in [5.74, 6) is 3.44. The average Bonchev–Trinajstić information content (AvgIpc) is 2.40. The largest absolute Gasteiger partial charge is 0.374 e. The zero-order valence-electron chi connectivity index (χ0n) is 12.9. The van der Waals surface area contributed by atoms with Crippen LogP contribution >= 0.6 is 0 Å². The molecule has 5 heteroatoms. The lowest BCUT2D eigenvalue weighted by Crippen LogP contribution is -2.30. The fraction of sp³-hybridized carbons (Fsp3) is 0.733. The average molecular weight is 278 g/mol. The molecule has 1 heterocycles. The first-order chi connectivity index (χ1) is 9.72. The molecule has 5 nitrogen and oxygen atoms in total. The van der Waals surface area contributed by atoms with Crippen LogP contribution in [0, 0.1) is 5.92 Å². The highest BCUT2D eigenvalue weighted by Gasteiger charge is 2.20. The first kappa shape index (κ1) is 15.0. The zero-order valence-corrected chi connectivity index (χ0v) is 12.9. The molecule has 0 aromatic carbocycles. The Bertz CT molecular complexity index is 420. The molecule has 1 N–H and O–H groups in total. The van der Waals surface area contributed by atoms with Crippen LogP contribution in [0.25, 0.3) is 0 Å². The van der Waals surface area contributed by atoms with Gasteiger partial charge in [0, 0.05) is 32.8 Å². The molecule has 0 spiro atoms. The first-order valence-electron chi connectivity index (χ1n) is 7.63. The van der Waals surface area contributed by atoms with Gasteiger partial charge in [-0.2, -0.15) is 0 Å². The third-order valence-corrected chi connectivity index (χ3v) is 3.70. The standard InChI is InChI=1S/C15H26N4O/c1-4-16-13-9-15(18-14(17-13)11-20-5-2)19(3)10-12-7-6-8-12/h9,12H,4-8,10-11H2,1-3H3,(H,16,17,18). The van der Waals surface area contributed by atoms with Crippen molar-refractivity contribution in [2.75, 3.05) is 37.0 Å². The van der Waals surface area contributed by atoms with Gasteiger partial charge >= 0.3 is 0 Å². The molecular formula is C15H26N4O. The van der Waals surface area contributed by atoms with Gasteiger partial charge in [-0.05, 0) is 32.6 Å². The van der Waals surface area contributed by atoms with Crippen LogP contribution in [-0.2, 0) is 11.3 Å². The Morgan fingerprint density at radius 3 is 2.75 bits per heavy atom. The Labute approximate surface area is 121 Å². The molecule has 0 aliphatic heterocycles. The highest BCUT2D eigenvalue weighted by molar-refractivity contribution is 5.49. The lowest BCUT2D eigenvalue weighted by Gasteiger charge is -2.30. The predicted molar refractivity (Wildman–Crippen MR) is 82.1 cm³/mol. The summed E-state index contributed by atoms with van der Waals surface area (Å²) in [5, 5.41) is 3.27. The van der Waals surface area contributed by atoms with E-state index in [1.54, 1.807) is 0 Å². The second-order valence-electron chi connectivity index (χ2n) is 5.37. The van der Waals surface area contributed by atoms with E-state index >= 15 is 0 Å². The molecular weight excluding hydrogens is 252 g/mol. The predicted octanol–water partition coefficient (Wildman–Crippen LogP) is 2.68. The van der Waals surface area contributed by atoms with Crippen LogP contribution in [0.5, 0.6) is 0 Å². The topological polar surface area (TPSA) is 50.3 Å². The first-order valence-corrected chi connectivity index (χ1v) is 7.63. The third kappa shape index (κ3) is 4.07. The number of anilines is 2. The van der Waals surface area contributed by atoms with E-state index in [1.807, 2.05) is 13.0 Å². The van der Waals surface area contributed by atoms with Crippen molar-refractivity contribution < 1.29 is 4.74 Å². The number of hydrogen-bond donors (Lipinski definition) is 1. The van der Waals surface area contributed by atoms with Gasteiger partial charge < -0.3 is 15.0 Å². The van der Waals surface area contributed by atoms with E-state index in [9.17, 15) is 0 Å². The fourth-order valence-corrected chi connectivity index (χ4v) is 2.36. The summed E-state index contributed by atoms with van der Waals surface area (Å²) < 4.78 is 5.43. The maximum atomic E-state index is 5.43. The quantitative estimate of drug-likeness (QED) is 0.792. The molecule has 1 saturated carbocycles. The molecule has 1 aliphatic carbocycles. The van der Waals surface area contributed by atoms with E-state index in [4.69, 9.17) is 4.74 Å². The Kier molecular flexibility index (Phi) is 5.59. The molecule has 0 amide bonds. The molecule has 0 bridgehead atoms. The summed E-state index contributed by atoms with van der Waals surface area (Å²) in [5.41, 5.74) is 0. The lowest BCUT2D eigenvalue weighted by molar-refractivity contribution is 0.128. The van der Waals surface area contributed by atoms with Crippen molar-refractivity contribution in [3.63, 3.8) is 0 Å². The smallest absolute Gasteiger partial charge is 0.158 e. The van der Waals surface area contributed by atoms with E-state index in [1.165, 1.54) is 19.3 Å². The summed E-state index contributed by atoms with van der Waals surface area (Å²) in [6.07, 6.45) is 4.07. The molecule has 112 valence electrons. The van der Waals surface area contributed by atoms with Crippen LogP contribution in [0.3, 0.4) is 0 Å². The molecule has 0 radical (unpaired) electrons. The summed E-state index contributed by atoms with van der Waals surface area (Å²) in [7, 11) is 2.11. The van der Waals surface area contributed by atoms with Crippen molar-refractivity contribution in [2.45, 2.75) is 39.7 Å². The lowest BCUT2D eigenvalue weighted by atomic mass is 9.85. The minimum atomic E-state index is 0.472. The van der Waals surface area contributed by atoms with Crippen LogP contribution in [0.2, 0.25) is 0 Å². The maximum absolute atomic E-state index is 5.43. The van der Waals surface area contributed by atoms with Gasteiger partial charge in [-0.25, -0.2) is 9.97 Å². The SMILES string of the molecule is CCNc1cc(N(C)CC2CCC2)nc(COCC)n1. The fourth-order valence-electron chi connectivity index (χ4n) is 2.36. The van der Waals surface area contributed by atoms with Crippen molar-refractivity contribution in [1.82, 2.24) is 9.97 Å². The second-order valence-corrected chi connectivity index (χ2v) is 5.37. The molecule has 1 aromatic heterocycles. The number of nitrogens with one attached hydrogen (secondary N) is 1. The number of ether oxygens (including phenoxy) is 1. The molecule has 20 heavy (non-hydrogen) atoms. The van der Waals surface area contributed by atoms with Gasteiger partial charge in [-0.3, -0.25) is 0 Å². The van der Waals surface area contributed by atoms with Crippen molar-refractivity contribution in [1.29, 1.82) is 0 Å². The molecule has 1 fully saturated rings. The number of rotatable bonds is 8. The summed E-state index contributed by atoms with van der Waals surface area (Å²) in [4.78, 5) is 11.3. The number of nitrogens with zero attached hydrogens (tertiary/aromatic N) is 3. The van der Waals surface area contributed by atoms with Gasteiger partial charge in [0.1, 0.15) is 18.2 Å². The Morgan fingerprint density at radius 1 is 1.35 bits per heavy atom. The highest BCUT2D eigenvalue weighted by atomic mass is 16.5. The van der Waals surface area contributed by atoms with Crippen molar-refractivity contribution in [3.05, 3.63) is 11.9 Å². The van der Waals surface area contributed by atoms with Crippen molar-refractivity contribution >= 4 is 11.6 Å². The second kappa shape index (κ2) is 7.43. The van der Waals surface area contributed by atoms with E-state index in [-0.39, 0.29) is 0 Å². The molecule has 0 atom stereocenters. The summed E-state index contributed by atoms with van der Waals surface area (Å²) in [6.45, 7) is 7.15. The van der Waals surface area contributed by atoms with Crippen molar-refractivity contribution in [2.24, 2.45) is 5.92 Å². The van der Waals surface area contributed by atoms with Gasteiger partial charge in [0.05, 0.1) is 0 Å². The highest BCUT2D eigenvalue weighted by Crippen LogP contribution is 2.28. The van der Waals surface area contributed by atoms with Gasteiger partial charge in [0.25, 0.3) is 0 Å². The van der Waals surface area contributed by atoms with Gasteiger partial charge in [-0.15, -0.1) is 0 Å². The molecule has 2 rings (SSSR count). The van der Waals surface area contributed by atoms with Crippen LogP contribution in [0.4, 0.5) is 11.6 Å². The summed E-state index contributed by atoms with van der Waals surface area (Å²) in [6, 6.07) is 2.03. The molecule has 1 aliphatic rings. The van der Waals surface area contributed by atoms with E-state index < -0.39 is 0 Å². The normalized spacial score (nSPS) is 14.9. The zero-order chi connectivity index (χ0) is 14.4. The number of aromatic nitrogens is 2. The van der Waals surface area contributed by atoms with Gasteiger partial charge in [0.2, 0.25) is 0 Å².